The second kappa shape index (κ2) is 46.4. The lowest BCUT2D eigenvalue weighted by Crippen LogP contribution is -2.62. The van der Waals surface area contributed by atoms with Crippen LogP contribution in [0.15, 0.2) is 73.3 Å². The molecule has 3 heterocycles. The molecule has 8 saturated carbocycles. The van der Waals surface area contributed by atoms with Gasteiger partial charge in [0.15, 0.2) is 0 Å². The molecule has 9 fully saturated rings. The summed E-state index contributed by atoms with van der Waals surface area (Å²) < 4.78 is 6.10. The molecule has 1 aliphatic heterocycles. The van der Waals surface area contributed by atoms with Crippen molar-refractivity contribution in [2.24, 2.45) is 104 Å². The molecule has 2 unspecified atom stereocenters. The number of hydrogen-bond donors (Lipinski definition) is 21. The van der Waals surface area contributed by atoms with Gasteiger partial charge < -0.3 is 110 Å². The Labute approximate surface area is 799 Å². The van der Waals surface area contributed by atoms with Crippen molar-refractivity contribution in [3.8, 4) is 0 Å². The monoisotopic (exact) mass is 1890 g/mol. The number of nitrogens with one attached hydrogen (secondary N) is 13. The summed E-state index contributed by atoms with van der Waals surface area (Å²) in [6.07, 6.45) is 13.5. The molecule has 0 spiro atoms. The second-order valence-electron chi connectivity index (χ2n) is 42.7. The number of ether oxygens (including phenoxy) is 1. The predicted molar refractivity (Wildman–Crippen MR) is 508 cm³/mol. The molecule has 30 atom stereocenters. The molecule has 13 rings (SSSR count). The number of H-pyrrole nitrogens is 2. The molecule has 8 aliphatic carbocycles. The summed E-state index contributed by atoms with van der Waals surface area (Å²) in [4.78, 5) is 166. The van der Waals surface area contributed by atoms with Gasteiger partial charge >= 0.3 is 0 Å². The first kappa shape index (κ1) is 104. The Morgan fingerprint density at radius 1 is 0.515 bits per heavy atom. The lowest BCUT2D eigenvalue weighted by atomic mass is 9.43. The number of carbonyl (C=O) groups is 11. The van der Waals surface area contributed by atoms with Crippen LogP contribution in [0.4, 0.5) is 0 Å². The van der Waals surface area contributed by atoms with E-state index < -0.39 is 144 Å². The van der Waals surface area contributed by atoms with Crippen LogP contribution in [0, 0.1) is 92.7 Å². The Morgan fingerprint density at radius 3 is 1.58 bits per heavy atom. The van der Waals surface area contributed by atoms with Crippen LogP contribution in [0.1, 0.15) is 239 Å². The molecule has 0 bridgehead atoms. The molecule has 9 aliphatic rings. The normalized spacial score (nSPS) is 32.3. The molecular weight excluding hydrogens is 1740 g/mol. The van der Waals surface area contributed by atoms with Crippen LogP contribution in [-0.4, -0.2) is 240 Å². The first-order valence-electron chi connectivity index (χ1n) is 50.7. The van der Waals surface area contributed by atoms with Crippen molar-refractivity contribution < 1.29 is 88.1 Å². The zero-order valence-electron chi connectivity index (χ0n) is 80.8. The van der Waals surface area contributed by atoms with Gasteiger partial charge in [-0.1, -0.05) is 110 Å². The van der Waals surface area contributed by atoms with E-state index in [9.17, 15) is 83.4 Å². The lowest BCUT2D eigenvalue weighted by Gasteiger charge is -2.63. The van der Waals surface area contributed by atoms with Crippen LogP contribution in [0.3, 0.4) is 0 Å². The number of primary amides is 1. The fourth-order valence-electron chi connectivity index (χ4n) is 26.7. The minimum Gasteiger partial charge on any atom is -0.393 e. The number of hydrazine groups is 1. The molecule has 35 nitrogen and oxygen atoms in total. The third kappa shape index (κ3) is 24.0. The van der Waals surface area contributed by atoms with Crippen LogP contribution >= 0.6 is 0 Å². The Balaban J connectivity index is 0.615. The number of nitrogens with zero attached hydrogens (tertiary/aromatic N) is 2. The number of imidazole rings is 1. The third-order valence-electron chi connectivity index (χ3n) is 34.4. The van der Waals surface area contributed by atoms with Crippen molar-refractivity contribution in [2.75, 3.05) is 39.3 Å². The van der Waals surface area contributed by atoms with Gasteiger partial charge in [-0.05, 0) is 265 Å². The van der Waals surface area contributed by atoms with E-state index in [0.717, 1.165) is 72.8 Å². The molecule has 23 N–H and O–H groups in total. The summed E-state index contributed by atoms with van der Waals surface area (Å²) in [7, 11) is 0. The van der Waals surface area contributed by atoms with E-state index in [1.165, 1.54) is 19.4 Å². The van der Waals surface area contributed by atoms with Gasteiger partial charge in [-0.3, -0.25) is 52.7 Å². The number of aromatic amines is 2. The maximum absolute atomic E-state index is 14.9. The number of nitrogens with two attached hydrogens (primary N) is 2. The van der Waals surface area contributed by atoms with Gasteiger partial charge in [0.2, 0.25) is 65.6 Å². The topological polar surface area (TPSA) is 550 Å². The number of aliphatic hydroxyl groups is 6. The summed E-state index contributed by atoms with van der Waals surface area (Å²) in [5.41, 5.74) is 16.3. The number of para-hydroxylation sites is 1. The first-order chi connectivity index (χ1) is 65.0. The van der Waals surface area contributed by atoms with Crippen LogP contribution < -0.4 is 70.1 Å². The van der Waals surface area contributed by atoms with Gasteiger partial charge in [-0.15, -0.1) is 0 Å². The molecule has 752 valence electrons. The minimum absolute atomic E-state index is 0.0360. The minimum atomic E-state index is -1.60. The predicted octanol–water partition coefficient (Wildman–Crippen LogP) is 4.14. The Hall–Kier alpha value is -9.04. The average molecular weight is 1900 g/mol. The molecular formula is C101H155N17O18. The number of aromatic nitrogens is 3. The number of amides is 11. The number of benzene rings is 2. The van der Waals surface area contributed by atoms with Gasteiger partial charge in [0.25, 0.3) is 11.8 Å². The highest BCUT2D eigenvalue weighted by molar-refractivity contribution is 5.98. The summed E-state index contributed by atoms with van der Waals surface area (Å²) >= 11 is 0. The van der Waals surface area contributed by atoms with Gasteiger partial charge in [-0.25, -0.2) is 10.4 Å². The number of fused-ring (bicyclic) bond motifs is 11. The Kier molecular flexibility index (Phi) is 35.6. The fourth-order valence-corrected chi connectivity index (χ4v) is 26.7. The smallest absolute Gasteiger partial charge is 0.265 e. The summed E-state index contributed by atoms with van der Waals surface area (Å²) in [6.45, 7) is 16.8. The van der Waals surface area contributed by atoms with E-state index in [0.29, 0.717) is 94.7 Å². The van der Waals surface area contributed by atoms with Crippen molar-refractivity contribution in [3.63, 3.8) is 0 Å². The number of carbonyl (C=O) groups excluding carboxylic acids is 11. The quantitative estimate of drug-likeness (QED) is 0.0276. The molecule has 1 saturated heterocycles. The highest BCUT2D eigenvalue weighted by atomic mass is 16.6. The van der Waals surface area contributed by atoms with Gasteiger partial charge in [0, 0.05) is 87.3 Å². The van der Waals surface area contributed by atoms with Crippen molar-refractivity contribution in [3.05, 3.63) is 90.1 Å². The molecule has 136 heavy (non-hydrogen) atoms. The molecule has 11 amide bonds. The number of hydrogen-bond acceptors (Lipinski definition) is 22. The molecule has 2 aromatic heterocycles. The number of aliphatic hydroxyl groups excluding tert-OH is 6. The molecule has 4 aromatic rings. The zero-order valence-corrected chi connectivity index (χ0v) is 80.8. The second-order valence-corrected chi connectivity index (χ2v) is 42.7. The Bertz CT molecular complexity index is 4740. The maximum atomic E-state index is 14.9. The summed E-state index contributed by atoms with van der Waals surface area (Å²) in [6, 6.07) is 8.37. The van der Waals surface area contributed by atoms with Crippen LogP contribution in [0.5, 0.6) is 0 Å². The largest absolute Gasteiger partial charge is 0.393 e. The SMILES string of the molecule is CCCC[C@H](NC(=O)CN1NC(C(=O)NCCCNC(=O)CC[C@@H](C)[C@H]2CC[C@H]3[C@@H]4[C@H](O)C[C@@H]5C[C@H](O)CC[C@]5(C)[C@H]4C[C@H](O)[C@]23C)OC1C(=O)NCCCNC(=O)CC[C@@H](C)[C@H]1CC[C@H]2[C@@H]3[C@H](O)C[C@@H]4C[C@H](O)CC[C@]4(C)[C@H]3C[C@H](O)[C@]12C)C(=O)N[C@@H](C)C(=O)N[C@@H](Cc1cnc[nH]1)C(=O)N[C@H](Cc1ccccc1)C(=O)N[C@@H](CCCCN)C(=O)N[C@@H](Cc1c[nH]c2ccccc12)C(N)=O. The van der Waals surface area contributed by atoms with Gasteiger partial charge in [0.1, 0.15) is 36.3 Å². The maximum Gasteiger partial charge on any atom is 0.265 e. The van der Waals surface area contributed by atoms with Gasteiger partial charge in [-0.2, -0.15) is 5.01 Å². The zero-order chi connectivity index (χ0) is 97.7. The van der Waals surface area contributed by atoms with E-state index >= 15 is 0 Å². The standard InChI is InChI=1S/C101H155N17O18/c1-9-10-23-74(90(130)111-58(4)89(129)115-78(49-63-53-104-55-110-63)93(133)116-77(43-59-20-12-11-13-21-59)92(132)113-75(25-16-17-38-102)91(131)114-76(88(103)128)44-60-52-109-73-24-15-14-22-66(60)73)112-85(127)54-118-97(95(135)108-42-19-40-106-84(126)33-27-57(3)68-29-31-70-87-72(51-82(124)101(68,70)8)99(6)37-35-65(120)46-62(99)48-80(87)122)136-96(117-118)94(134)107-41-18-39-105-83(125)32-26-56(2)67-28-30-69-86-71(50-81(123)100(67,69)7)98(5)36-34-64(119)45-61(98)47-79(86)121/h11-15,20-22,24,52-53,55-58,61-62,64-65,67-72,74-82,86-87,96-97,109,117,119-124H,9-10,16-19,23,25-51,54,102H2,1-8H3,(H2,103,128)(H,104,110)(H,105,125)(H,106,126)(H,107,134)(H,108,135)(H,111,130)(H,112,127)(H,113,132)(H,114,131)(H,115,129)(H,116,133)/t56-,57-,58+,61+,62+,64-,65-,67-,68-,69+,70+,71+,72+,74+,75+,76+,77-,78+,79-,80-,81+,82+,86+,87+,96?,97?,98+,99+,100-,101-/m1/s1. The van der Waals surface area contributed by atoms with Gasteiger partial charge in [0.05, 0.1) is 49.5 Å². The molecule has 35 heteroatoms. The molecule has 0 radical (unpaired) electrons. The average Bonchev–Trinajstić information content (AvgIpc) is 1.44. The van der Waals surface area contributed by atoms with E-state index in [4.69, 9.17) is 16.2 Å². The summed E-state index contributed by atoms with van der Waals surface area (Å²) in [5.74, 6) is -5.63. The van der Waals surface area contributed by atoms with Crippen molar-refractivity contribution in [1.29, 1.82) is 0 Å². The van der Waals surface area contributed by atoms with Crippen LogP contribution in [0.2, 0.25) is 0 Å². The molecule has 2 aromatic carbocycles. The van der Waals surface area contributed by atoms with Crippen molar-refractivity contribution in [2.45, 2.75) is 327 Å². The highest BCUT2D eigenvalue weighted by Gasteiger charge is 2.68. The highest BCUT2D eigenvalue weighted by Crippen LogP contribution is 2.71. The fraction of sp³-hybridized carbons (Fsp3) is 0.723. The van der Waals surface area contributed by atoms with Crippen molar-refractivity contribution in [1.82, 2.24) is 78.6 Å². The van der Waals surface area contributed by atoms with Crippen LogP contribution in [-0.2, 0) is 76.7 Å². The Morgan fingerprint density at radius 2 is 1.02 bits per heavy atom. The van der Waals surface area contributed by atoms with E-state index in [1.54, 1.807) is 36.5 Å². The first-order valence-corrected chi connectivity index (χ1v) is 50.7. The van der Waals surface area contributed by atoms with Crippen LogP contribution in [0.25, 0.3) is 10.9 Å². The van der Waals surface area contributed by atoms with E-state index in [1.807, 2.05) is 31.2 Å². The lowest BCUT2D eigenvalue weighted by molar-refractivity contribution is -0.207. The van der Waals surface area contributed by atoms with E-state index in [-0.39, 0.29) is 190 Å². The van der Waals surface area contributed by atoms with E-state index in [2.05, 4.69) is 115 Å². The number of unbranched alkanes of at least 4 members (excludes halogenated alkanes) is 2. The number of rotatable bonds is 45. The third-order valence-corrected chi connectivity index (χ3v) is 34.4. The summed E-state index contributed by atoms with van der Waals surface area (Å²) in [5, 5.41) is 99.3. The van der Waals surface area contributed by atoms with Crippen molar-refractivity contribution >= 4 is 75.9 Å².